The highest BCUT2D eigenvalue weighted by Gasteiger charge is 1.80. The van der Waals surface area contributed by atoms with E-state index in [1.54, 1.807) is 6.08 Å². The summed E-state index contributed by atoms with van der Waals surface area (Å²) >= 11 is 2.12. The summed E-state index contributed by atoms with van der Waals surface area (Å²) in [4.78, 5) is 0. The van der Waals surface area contributed by atoms with Crippen LogP contribution in [-0.2, 0) is 0 Å². The van der Waals surface area contributed by atoms with E-state index >= 15 is 0 Å². The molecule has 2 heteroatoms. The summed E-state index contributed by atoms with van der Waals surface area (Å²) < 4.78 is 3.01. The molecular weight excluding hydrogens is 261 g/mol. The molecule has 0 aromatic rings. The second-order valence-corrected chi connectivity index (χ2v) is 2.32. The van der Waals surface area contributed by atoms with Crippen molar-refractivity contribution in [3.63, 3.8) is 0 Å². The standard InChI is InChI=1S/C6H10IN.2C2H6/c1-3-4-6(2)5-8-7;2*1-2/h3-4,8H,1,5H2,2H3;2*1-2H3/b6-4+;;. The van der Waals surface area contributed by atoms with E-state index in [0.717, 1.165) is 6.54 Å². The van der Waals surface area contributed by atoms with Crippen LogP contribution in [0.5, 0.6) is 0 Å². The molecule has 1 N–H and O–H groups in total. The number of rotatable bonds is 3. The summed E-state index contributed by atoms with van der Waals surface area (Å²) in [6, 6.07) is 0. The lowest BCUT2D eigenvalue weighted by Gasteiger charge is -1.92. The second kappa shape index (κ2) is 22.5. The van der Waals surface area contributed by atoms with Crippen LogP contribution in [0.25, 0.3) is 0 Å². The number of allylic oxidation sites excluding steroid dienone is 2. The molecule has 12 heavy (non-hydrogen) atoms. The lowest BCUT2D eigenvalue weighted by molar-refractivity contribution is 1.09. The van der Waals surface area contributed by atoms with Crippen LogP contribution in [0.15, 0.2) is 24.3 Å². The fourth-order valence-electron chi connectivity index (χ4n) is 0.366. The minimum absolute atomic E-state index is 0.937. The van der Waals surface area contributed by atoms with E-state index in [1.165, 1.54) is 5.57 Å². The van der Waals surface area contributed by atoms with Crippen molar-refractivity contribution >= 4 is 22.9 Å². The molecule has 0 aromatic carbocycles. The Morgan fingerprint density at radius 3 is 2.00 bits per heavy atom. The Morgan fingerprint density at radius 2 is 1.75 bits per heavy atom. The highest BCUT2D eigenvalue weighted by molar-refractivity contribution is 14.1. The zero-order valence-corrected chi connectivity index (χ0v) is 11.1. The van der Waals surface area contributed by atoms with Gasteiger partial charge in [0, 0.05) is 29.4 Å². The molecule has 0 saturated heterocycles. The van der Waals surface area contributed by atoms with Crippen molar-refractivity contribution in [3.05, 3.63) is 24.3 Å². The molecule has 0 amide bonds. The van der Waals surface area contributed by atoms with Gasteiger partial charge in [0.05, 0.1) is 0 Å². The summed E-state index contributed by atoms with van der Waals surface area (Å²) in [6.07, 6.45) is 3.79. The van der Waals surface area contributed by atoms with Gasteiger partial charge in [-0.05, 0) is 6.92 Å². The van der Waals surface area contributed by atoms with Gasteiger partial charge in [-0.2, -0.15) is 0 Å². The largest absolute Gasteiger partial charge is 0.257 e. The number of nitrogens with one attached hydrogen (secondary N) is 1. The topological polar surface area (TPSA) is 12.0 Å². The Bertz CT molecular complexity index is 98.0. The molecule has 0 rings (SSSR count). The average molecular weight is 283 g/mol. The first-order chi connectivity index (χ1) is 5.81. The normalized spacial score (nSPS) is 8.67. The number of hydrogen-bond donors (Lipinski definition) is 1. The van der Waals surface area contributed by atoms with Gasteiger partial charge in [-0.3, -0.25) is 3.53 Å². The van der Waals surface area contributed by atoms with Crippen LogP contribution in [-0.4, -0.2) is 6.54 Å². The van der Waals surface area contributed by atoms with Crippen LogP contribution in [0.2, 0.25) is 0 Å². The fraction of sp³-hybridized carbons (Fsp3) is 0.600. The molecule has 0 saturated carbocycles. The van der Waals surface area contributed by atoms with Gasteiger partial charge in [0.25, 0.3) is 0 Å². The summed E-state index contributed by atoms with van der Waals surface area (Å²) in [5, 5.41) is 0. The molecule has 0 spiro atoms. The molecule has 0 fully saturated rings. The Kier molecular flexibility index (Phi) is 33.8. The Morgan fingerprint density at radius 1 is 1.33 bits per heavy atom. The van der Waals surface area contributed by atoms with Gasteiger partial charge in [0.2, 0.25) is 0 Å². The smallest absolute Gasteiger partial charge is 0.0261 e. The third-order valence-corrected chi connectivity index (χ3v) is 1.13. The van der Waals surface area contributed by atoms with Crippen LogP contribution in [0.4, 0.5) is 0 Å². The van der Waals surface area contributed by atoms with E-state index in [2.05, 4.69) is 39.9 Å². The highest BCUT2D eigenvalue weighted by atomic mass is 127. The molecule has 0 aromatic heterocycles. The van der Waals surface area contributed by atoms with Crippen molar-refractivity contribution < 1.29 is 0 Å². The SMILES string of the molecule is C=C/C=C(\C)CNI.CC.CC. The maximum absolute atomic E-state index is 3.58. The van der Waals surface area contributed by atoms with Crippen molar-refractivity contribution in [1.29, 1.82) is 0 Å². The quantitative estimate of drug-likeness (QED) is 0.467. The van der Waals surface area contributed by atoms with E-state index in [1.807, 2.05) is 33.8 Å². The van der Waals surface area contributed by atoms with E-state index in [4.69, 9.17) is 0 Å². The van der Waals surface area contributed by atoms with Gasteiger partial charge in [0.15, 0.2) is 0 Å². The Balaban J connectivity index is -0.000000175. The van der Waals surface area contributed by atoms with E-state index in [-0.39, 0.29) is 0 Å². The Hall–Kier alpha value is 0.170. The molecule has 0 aliphatic carbocycles. The predicted octanol–water partition coefficient (Wildman–Crippen LogP) is 4.11. The maximum atomic E-state index is 3.58. The Labute approximate surface area is 91.8 Å². The van der Waals surface area contributed by atoms with E-state index in [0.29, 0.717) is 0 Å². The third kappa shape index (κ3) is 22.5. The summed E-state index contributed by atoms with van der Waals surface area (Å²) in [5.41, 5.74) is 1.30. The zero-order chi connectivity index (χ0) is 10.4. The summed E-state index contributed by atoms with van der Waals surface area (Å²) in [5.74, 6) is 0. The van der Waals surface area contributed by atoms with Crippen molar-refractivity contribution in [3.8, 4) is 0 Å². The fourth-order valence-corrected chi connectivity index (χ4v) is 0.967. The first-order valence-electron chi connectivity index (χ1n) is 4.43. The van der Waals surface area contributed by atoms with Gasteiger partial charge in [-0.15, -0.1) is 0 Å². The molecule has 0 unspecified atom stereocenters. The van der Waals surface area contributed by atoms with Gasteiger partial charge >= 0.3 is 0 Å². The van der Waals surface area contributed by atoms with Crippen molar-refractivity contribution in [1.82, 2.24) is 3.53 Å². The van der Waals surface area contributed by atoms with Crippen LogP contribution in [0, 0.1) is 0 Å². The van der Waals surface area contributed by atoms with Crippen LogP contribution in [0.1, 0.15) is 34.6 Å². The third-order valence-electron chi connectivity index (χ3n) is 0.748. The predicted molar refractivity (Wildman–Crippen MR) is 68.7 cm³/mol. The van der Waals surface area contributed by atoms with Crippen LogP contribution in [0.3, 0.4) is 0 Å². The molecule has 0 heterocycles. The number of halogens is 1. The molecule has 0 bridgehead atoms. The van der Waals surface area contributed by atoms with Crippen LogP contribution >= 0.6 is 22.9 Å². The van der Waals surface area contributed by atoms with Crippen LogP contribution < -0.4 is 3.53 Å². The zero-order valence-electron chi connectivity index (χ0n) is 8.95. The van der Waals surface area contributed by atoms with Crippen molar-refractivity contribution in [2.75, 3.05) is 6.54 Å². The van der Waals surface area contributed by atoms with Gasteiger partial charge < -0.3 is 0 Å². The molecule has 1 nitrogen and oxygen atoms in total. The van der Waals surface area contributed by atoms with Crippen molar-refractivity contribution in [2.24, 2.45) is 0 Å². The molecule has 0 atom stereocenters. The van der Waals surface area contributed by atoms with Gasteiger partial charge in [-0.25, -0.2) is 0 Å². The minimum atomic E-state index is 0.937. The lowest BCUT2D eigenvalue weighted by Crippen LogP contribution is -1.99. The van der Waals surface area contributed by atoms with E-state index < -0.39 is 0 Å². The molecule has 0 aliphatic heterocycles. The summed E-state index contributed by atoms with van der Waals surface area (Å²) in [7, 11) is 0. The first-order valence-corrected chi connectivity index (χ1v) is 5.51. The van der Waals surface area contributed by atoms with E-state index in [9.17, 15) is 0 Å². The molecule has 0 aliphatic rings. The molecule has 74 valence electrons. The first kappa shape index (κ1) is 18.1. The maximum Gasteiger partial charge on any atom is 0.0261 e. The molecule has 0 radical (unpaired) electrons. The highest BCUT2D eigenvalue weighted by Crippen LogP contribution is 1.89. The average Bonchev–Trinajstić information content (AvgIpc) is 2.12. The second-order valence-electron chi connectivity index (χ2n) is 1.56. The van der Waals surface area contributed by atoms with Gasteiger partial charge in [0.1, 0.15) is 0 Å². The monoisotopic (exact) mass is 283 g/mol. The lowest BCUT2D eigenvalue weighted by atomic mass is 10.3. The minimum Gasteiger partial charge on any atom is -0.257 e. The molecular formula is C10H22IN. The van der Waals surface area contributed by atoms with Crippen molar-refractivity contribution in [2.45, 2.75) is 34.6 Å². The van der Waals surface area contributed by atoms with Gasteiger partial charge in [-0.1, -0.05) is 52.0 Å². The number of hydrogen-bond acceptors (Lipinski definition) is 1. The summed E-state index contributed by atoms with van der Waals surface area (Å²) in [6.45, 7) is 14.6.